The third-order valence-corrected chi connectivity index (χ3v) is 2.04. The lowest BCUT2D eigenvalue weighted by Crippen LogP contribution is -1.99. The Balaban J connectivity index is 2.23. The Bertz CT molecular complexity index is 313. The largest absolute Gasteiger partial charge is 0.359 e. The van der Waals surface area contributed by atoms with Crippen LogP contribution in [0.2, 0.25) is 0 Å². The van der Waals surface area contributed by atoms with E-state index in [1.165, 1.54) is 5.56 Å². The minimum Gasteiger partial charge on any atom is -0.359 e. The van der Waals surface area contributed by atoms with Crippen molar-refractivity contribution in [1.29, 1.82) is 5.26 Å². The summed E-state index contributed by atoms with van der Waals surface area (Å²) in [4.78, 5) is 0. The molecule has 3 nitrogen and oxygen atoms in total. The van der Waals surface area contributed by atoms with E-state index >= 15 is 0 Å². The summed E-state index contributed by atoms with van der Waals surface area (Å²) in [5.41, 5.74) is 1.93. The molecular formula is C12H15NO2. The molecule has 0 bridgehead atoms. The summed E-state index contributed by atoms with van der Waals surface area (Å²) < 4.78 is 9.94. The highest BCUT2D eigenvalue weighted by atomic mass is 16.7. The first-order chi connectivity index (χ1) is 7.36. The average molecular weight is 205 g/mol. The predicted molar refractivity (Wildman–Crippen MR) is 57.3 cm³/mol. The number of nitriles is 1. The zero-order chi connectivity index (χ0) is 10.9. The molecule has 0 atom stereocenters. The standard InChI is InChI=1S/C12H15NO2/c1-14-10-15-8-2-3-11-4-6-12(9-13)7-5-11/h4-7H,2-3,8,10H2,1H3. The molecule has 0 aromatic heterocycles. The zero-order valence-electron chi connectivity index (χ0n) is 8.90. The van der Waals surface area contributed by atoms with Crippen LogP contribution in [-0.2, 0) is 15.9 Å². The van der Waals surface area contributed by atoms with E-state index in [-0.39, 0.29) is 0 Å². The van der Waals surface area contributed by atoms with Crippen molar-refractivity contribution in [3.05, 3.63) is 35.4 Å². The van der Waals surface area contributed by atoms with Crippen molar-refractivity contribution in [3.63, 3.8) is 0 Å². The van der Waals surface area contributed by atoms with E-state index < -0.39 is 0 Å². The smallest absolute Gasteiger partial charge is 0.146 e. The molecule has 1 rings (SSSR count). The highest BCUT2D eigenvalue weighted by Crippen LogP contribution is 2.05. The van der Waals surface area contributed by atoms with Crippen molar-refractivity contribution in [2.45, 2.75) is 12.8 Å². The summed E-state index contributed by atoms with van der Waals surface area (Å²) in [6.07, 6.45) is 1.94. The maximum absolute atomic E-state index is 8.62. The highest BCUT2D eigenvalue weighted by Gasteiger charge is 1.94. The van der Waals surface area contributed by atoms with E-state index in [1.807, 2.05) is 24.3 Å². The monoisotopic (exact) mass is 205 g/mol. The Kier molecular flexibility index (Phi) is 5.46. The van der Waals surface area contributed by atoms with E-state index in [1.54, 1.807) is 7.11 Å². The van der Waals surface area contributed by atoms with Crippen LogP contribution in [0.3, 0.4) is 0 Å². The van der Waals surface area contributed by atoms with Crippen LogP contribution < -0.4 is 0 Å². The fraction of sp³-hybridized carbons (Fsp3) is 0.417. The average Bonchev–Trinajstić information content (AvgIpc) is 2.30. The Hall–Kier alpha value is -1.37. The fourth-order valence-corrected chi connectivity index (χ4v) is 1.27. The summed E-state index contributed by atoms with van der Waals surface area (Å²) >= 11 is 0. The third-order valence-electron chi connectivity index (χ3n) is 2.04. The maximum atomic E-state index is 8.62. The van der Waals surface area contributed by atoms with Crippen LogP contribution in [0.25, 0.3) is 0 Å². The zero-order valence-corrected chi connectivity index (χ0v) is 8.90. The van der Waals surface area contributed by atoms with Gasteiger partial charge in [-0.1, -0.05) is 12.1 Å². The van der Waals surface area contributed by atoms with Crippen molar-refractivity contribution in [2.24, 2.45) is 0 Å². The summed E-state index contributed by atoms with van der Waals surface area (Å²) in [6, 6.07) is 9.74. The molecule has 0 fully saturated rings. The van der Waals surface area contributed by atoms with Gasteiger partial charge in [-0.25, -0.2) is 0 Å². The Labute approximate surface area is 90.2 Å². The molecule has 0 unspecified atom stereocenters. The molecule has 0 aliphatic heterocycles. The molecule has 0 heterocycles. The number of rotatable bonds is 6. The number of ether oxygens (including phenoxy) is 2. The summed E-state index contributed by atoms with van der Waals surface area (Å²) in [5.74, 6) is 0. The number of nitrogens with zero attached hydrogens (tertiary/aromatic N) is 1. The first-order valence-electron chi connectivity index (χ1n) is 4.92. The second-order valence-electron chi connectivity index (χ2n) is 3.23. The Morgan fingerprint density at radius 1 is 1.27 bits per heavy atom. The van der Waals surface area contributed by atoms with E-state index in [4.69, 9.17) is 14.7 Å². The first kappa shape index (κ1) is 11.7. The van der Waals surface area contributed by atoms with Crippen LogP contribution in [0.1, 0.15) is 17.5 Å². The van der Waals surface area contributed by atoms with Gasteiger partial charge in [-0.05, 0) is 30.5 Å². The van der Waals surface area contributed by atoms with Crippen molar-refractivity contribution in [3.8, 4) is 6.07 Å². The van der Waals surface area contributed by atoms with Crippen molar-refractivity contribution in [2.75, 3.05) is 20.5 Å². The number of aryl methyl sites for hydroxylation is 1. The minimum absolute atomic E-state index is 0.355. The molecule has 0 radical (unpaired) electrons. The number of hydrogen-bond acceptors (Lipinski definition) is 3. The van der Waals surface area contributed by atoms with Gasteiger partial charge in [0, 0.05) is 13.7 Å². The summed E-state index contributed by atoms with van der Waals surface area (Å²) in [5, 5.41) is 8.62. The molecule has 1 aromatic carbocycles. The van der Waals surface area contributed by atoms with Crippen molar-refractivity contribution >= 4 is 0 Å². The maximum Gasteiger partial charge on any atom is 0.146 e. The van der Waals surface area contributed by atoms with Crippen molar-refractivity contribution < 1.29 is 9.47 Å². The first-order valence-corrected chi connectivity index (χ1v) is 4.92. The van der Waals surface area contributed by atoms with Gasteiger partial charge in [-0.15, -0.1) is 0 Å². The van der Waals surface area contributed by atoms with E-state index in [2.05, 4.69) is 6.07 Å². The van der Waals surface area contributed by atoms with Gasteiger partial charge in [-0.2, -0.15) is 5.26 Å². The van der Waals surface area contributed by atoms with Gasteiger partial charge in [0.25, 0.3) is 0 Å². The number of methoxy groups -OCH3 is 1. The lowest BCUT2D eigenvalue weighted by molar-refractivity contribution is -0.0310. The van der Waals surface area contributed by atoms with Crippen LogP contribution in [0.15, 0.2) is 24.3 Å². The van der Waals surface area contributed by atoms with Crippen LogP contribution in [0, 0.1) is 11.3 Å². The molecule has 0 N–H and O–H groups in total. The van der Waals surface area contributed by atoms with E-state index in [9.17, 15) is 0 Å². The van der Waals surface area contributed by atoms with Gasteiger partial charge >= 0.3 is 0 Å². The van der Waals surface area contributed by atoms with E-state index in [0.717, 1.165) is 12.8 Å². The Morgan fingerprint density at radius 3 is 2.60 bits per heavy atom. The fourth-order valence-electron chi connectivity index (χ4n) is 1.27. The van der Waals surface area contributed by atoms with Crippen LogP contribution >= 0.6 is 0 Å². The molecule has 0 amide bonds. The van der Waals surface area contributed by atoms with Crippen molar-refractivity contribution in [1.82, 2.24) is 0 Å². The van der Waals surface area contributed by atoms with Crippen LogP contribution in [0.4, 0.5) is 0 Å². The second kappa shape index (κ2) is 6.99. The normalized spacial score (nSPS) is 9.87. The molecule has 15 heavy (non-hydrogen) atoms. The van der Waals surface area contributed by atoms with Gasteiger partial charge in [0.1, 0.15) is 6.79 Å². The molecule has 0 saturated carbocycles. The predicted octanol–water partition coefficient (Wildman–Crippen LogP) is 2.11. The van der Waals surface area contributed by atoms with Gasteiger partial charge in [0.05, 0.1) is 11.6 Å². The molecule has 3 heteroatoms. The van der Waals surface area contributed by atoms with Gasteiger partial charge in [0.2, 0.25) is 0 Å². The number of hydrogen-bond donors (Lipinski definition) is 0. The molecule has 0 aliphatic rings. The molecule has 0 aliphatic carbocycles. The van der Waals surface area contributed by atoms with Gasteiger partial charge in [-0.3, -0.25) is 0 Å². The Morgan fingerprint density at radius 2 is 2.00 bits per heavy atom. The molecule has 0 spiro atoms. The topological polar surface area (TPSA) is 42.2 Å². The molecule has 0 saturated heterocycles. The molecular weight excluding hydrogens is 190 g/mol. The lowest BCUT2D eigenvalue weighted by Gasteiger charge is -2.03. The van der Waals surface area contributed by atoms with E-state index in [0.29, 0.717) is 19.0 Å². The van der Waals surface area contributed by atoms with Gasteiger partial charge in [0.15, 0.2) is 0 Å². The van der Waals surface area contributed by atoms with Gasteiger partial charge < -0.3 is 9.47 Å². The van der Waals surface area contributed by atoms with Crippen LogP contribution in [0.5, 0.6) is 0 Å². The second-order valence-corrected chi connectivity index (χ2v) is 3.23. The molecule has 1 aromatic rings. The number of benzene rings is 1. The highest BCUT2D eigenvalue weighted by molar-refractivity contribution is 5.31. The summed E-state index contributed by atoms with van der Waals surface area (Å²) in [7, 11) is 1.61. The quantitative estimate of drug-likeness (QED) is 0.527. The third kappa shape index (κ3) is 4.59. The van der Waals surface area contributed by atoms with Crippen LogP contribution in [-0.4, -0.2) is 20.5 Å². The SMILES string of the molecule is COCOCCCc1ccc(C#N)cc1. The summed E-state index contributed by atoms with van der Waals surface area (Å²) in [6.45, 7) is 1.06. The minimum atomic E-state index is 0.355. The lowest BCUT2D eigenvalue weighted by atomic mass is 10.1. The molecule has 80 valence electrons.